The first-order chi connectivity index (χ1) is 7.86. The van der Waals surface area contributed by atoms with Crippen LogP contribution in [0.1, 0.15) is 12.8 Å². The Morgan fingerprint density at radius 1 is 0.625 bits per heavy atom. The van der Waals surface area contributed by atoms with Crippen LogP contribution in [0, 0.1) is 47.3 Å². The molecule has 0 amide bonds. The van der Waals surface area contributed by atoms with Crippen LogP contribution in [0.5, 0.6) is 0 Å². The number of hydroxylamine groups is 2. The first kappa shape index (κ1) is 8.86. The van der Waals surface area contributed by atoms with Gasteiger partial charge in [0.05, 0.1) is 0 Å². The summed E-state index contributed by atoms with van der Waals surface area (Å²) < 4.78 is 0. The van der Waals surface area contributed by atoms with E-state index in [4.69, 9.17) is 0 Å². The summed E-state index contributed by atoms with van der Waals surface area (Å²) in [7, 11) is 0. The van der Waals surface area contributed by atoms with Gasteiger partial charge >= 0.3 is 0 Å². The monoisotopic (exact) mass is 222 g/mol. The largest absolute Gasteiger partial charge is 0.317 e. The van der Waals surface area contributed by atoms with E-state index in [1.54, 1.807) is 0 Å². The lowest BCUT2D eigenvalue weighted by atomic mass is 9.60. The van der Waals surface area contributed by atoms with Gasteiger partial charge in [-0.05, 0) is 60.2 Å². The van der Waals surface area contributed by atoms with Crippen LogP contribution < -0.4 is 11.0 Å². The topological polar surface area (TPSA) is 64.5 Å². The molecule has 0 heterocycles. The second-order valence-electron chi connectivity index (χ2n) is 6.75. The Labute approximate surface area is 94.3 Å². The summed E-state index contributed by atoms with van der Waals surface area (Å²) in [4.78, 5) is 0. The Balaban J connectivity index is 1.65. The van der Waals surface area contributed by atoms with Crippen molar-refractivity contribution in [3.8, 4) is 0 Å². The molecule has 4 unspecified atom stereocenters. The number of hydrogen-bond acceptors (Lipinski definition) is 4. The number of rotatable bonds is 2. The van der Waals surface area contributed by atoms with Gasteiger partial charge in [-0.2, -0.15) is 0 Å². The first-order valence-corrected chi connectivity index (χ1v) is 6.66. The third kappa shape index (κ3) is 0.637. The summed E-state index contributed by atoms with van der Waals surface area (Å²) in [6, 6.07) is 0.717. The summed E-state index contributed by atoms with van der Waals surface area (Å²) in [5, 5.41) is 18.8. The lowest BCUT2D eigenvalue weighted by molar-refractivity contribution is 0.0202. The van der Waals surface area contributed by atoms with Crippen molar-refractivity contribution < 1.29 is 10.4 Å². The summed E-state index contributed by atoms with van der Waals surface area (Å²) in [5.74, 6) is 6.21. The highest BCUT2D eigenvalue weighted by atomic mass is 16.5. The van der Waals surface area contributed by atoms with Crippen LogP contribution >= 0.6 is 0 Å². The van der Waals surface area contributed by atoms with Crippen molar-refractivity contribution in [2.24, 2.45) is 47.3 Å². The Morgan fingerprint density at radius 3 is 1.19 bits per heavy atom. The van der Waals surface area contributed by atoms with Gasteiger partial charge in [0.1, 0.15) is 0 Å². The van der Waals surface area contributed by atoms with Gasteiger partial charge in [-0.1, -0.05) is 0 Å². The second kappa shape index (κ2) is 2.48. The molecule has 0 aromatic rings. The van der Waals surface area contributed by atoms with E-state index in [1.165, 1.54) is 12.8 Å². The van der Waals surface area contributed by atoms with Gasteiger partial charge in [-0.25, -0.2) is 11.0 Å². The summed E-state index contributed by atoms with van der Waals surface area (Å²) in [6.45, 7) is 0. The zero-order valence-electron chi connectivity index (χ0n) is 9.08. The van der Waals surface area contributed by atoms with Gasteiger partial charge in [0.25, 0.3) is 0 Å². The third-order valence-electron chi connectivity index (χ3n) is 6.99. The maximum Gasteiger partial charge on any atom is 0.0382 e. The zero-order valence-corrected chi connectivity index (χ0v) is 9.08. The quantitative estimate of drug-likeness (QED) is 0.513. The van der Waals surface area contributed by atoms with Crippen molar-refractivity contribution in [1.29, 1.82) is 0 Å². The van der Waals surface area contributed by atoms with Crippen LogP contribution in [0.4, 0.5) is 0 Å². The van der Waals surface area contributed by atoms with Crippen molar-refractivity contribution in [2.45, 2.75) is 24.9 Å². The molecule has 4 heteroatoms. The lowest BCUT2D eigenvalue weighted by Crippen LogP contribution is -2.42. The van der Waals surface area contributed by atoms with E-state index in [1.807, 2.05) is 0 Å². The van der Waals surface area contributed by atoms with E-state index in [2.05, 4.69) is 11.0 Å². The number of nitrogens with one attached hydrogen (secondary N) is 2. The molecule has 0 aromatic heterocycles. The molecule has 0 radical (unpaired) electrons. The average molecular weight is 222 g/mol. The molecule has 88 valence electrons. The molecule has 5 aliphatic rings. The van der Waals surface area contributed by atoms with Crippen LogP contribution in [-0.2, 0) is 0 Å². The van der Waals surface area contributed by atoms with E-state index in [0.717, 1.165) is 23.7 Å². The number of hydrogen-bond donors (Lipinski definition) is 4. The molecule has 5 fully saturated rings. The third-order valence-corrected chi connectivity index (χ3v) is 6.99. The second-order valence-corrected chi connectivity index (χ2v) is 6.75. The van der Waals surface area contributed by atoms with Crippen LogP contribution in [0.25, 0.3) is 0 Å². The Bertz CT molecular complexity index is 282. The van der Waals surface area contributed by atoms with Gasteiger partial charge in [-0.15, -0.1) is 0 Å². The maximum atomic E-state index is 9.38. The minimum Gasteiger partial charge on any atom is -0.317 e. The molecular formula is C12H18N2O2. The van der Waals surface area contributed by atoms with Crippen LogP contribution in [0.2, 0.25) is 0 Å². The van der Waals surface area contributed by atoms with Gasteiger partial charge in [0.15, 0.2) is 0 Å². The fourth-order valence-electron chi connectivity index (χ4n) is 6.98. The van der Waals surface area contributed by atoms with E-state index in [9.17, 15) is 10.4 Å². The van der Waals surface area contributed by atoms with E-state index in [-0.39, 0.29) is 0 Å². The normalized spacial score (nSPS) is 72.4. The standard InChI is InChI=1S/C12H18N2O2/c15-13-11-3-1-4-8-7(3)9-5(11)2-6(10(8)9)12(4)14-16/h3-16H,1-2H2/t3-,4+,5-,6+,7?,8?,9?,10?,11?,12?. The molecule has 0 aliphatic heterocycles. The molecule has 5 saturated carbocycles. The van der Waals surface area contributed by atoms with Gasteiger partial charge < -0.3 is 10.4 Å². The van der Waals surface area contributed by atoms with E-state index >= 15 is 0 Å². The van der Waals surface area contributed by atoms with Crippen molar-refractivity contribution in [2.75, 3.05) is 0 Å². The minimum atomic E-state index is 0.358. The molecular weight excluding hydrogens is 204 g/mol. The highest BCUT2D eigenvalue weighted by Crippen LogP contribution is 2.79. The highest BCUT2D eigenvalue weighted by molar-refractivity contribution is 5.28. The van der Waals surface area contributed by atoms with Gasteiger partial charge in [0, 0.05) is 12.1 Å². The molecule has 5 aliphatic carbocycles. The smallest absolute Gasteiger partial charge is 0.0382 e. The molecule has 4 N–H and O–H groups in total. The fourth-order valence-corrected chi connectivity index (χ4v) is 6.98. The average Bonchev–Trinajstić information content (AvgIpc) is 2.77. The summed E-state index contributed by atoms with van der Waals surface area (Å²) >= 11 is 0. The molecule has 0 aromatic carbocycles. The first-order valence-electron chi connectivity index (χ1n) is 6.66. The molecule has 4 nitrogen and oxygen atoms in total. The molecule has 0 saturated heterocycles. The SMILES string of the molecule is ONC1[C@@H]2C[C@H]3C4C2C2C4[C@H](C[C@H]21)C3NO. The van der Waals surface area contributed by atoms with Crippen LogP contribution in [0.15, 0.2) is 0 Å². The molecule has 16 heavy (non-hydrogen) atoms. The van der Waals surface area contributed by atoms with E-state index < -0.39 is 0 Å². The Morgan fingerprint density at radius 2 is 0.938 bits per heavy atom. The summed E-state index contributed by atoms with van der Waals surface area (Å²) in [6.07, 6.45) is 2.43. The Kier molecular flexibility index (Phi) is 1.37. The molecule has 5 rings (SSSR count). The zero-order chi connectivity index (χ0) is 10.6. The molecule has 0 spiro atoms. The van der Waals surface area contributed by atoms with Gasteiger partial charge in [0.2, 0.25) is 0 Å². The predicted octanol–water partition coefficient (Wildman–Crippen LogP) is 0.459. The Hall–Kier alpha value is -0.160. The van der Waals surface area contributed by atoms with E-state index in [0.29, 0.717) is 35.8 Å². The summed E-state index contributed by atoms with van der Waals surface area (Å²) in [5.41, 5.74) is 5.22. The van der Waals surface area contributed by atoms with Crippen molar-refractivity contribution in [1.82, 2.24) is 11.0 Å². The van der Waals surface area contributed by atoms with Crippen LogP contribution in [-0.4, -0.2) is 22.5 Å². The molecule has 8 atom stereocenters. The highest BCUT2D eigenvalue weighted by Gasteiger charge is 2.79. The molecule has 0 bridgehead atoms. The van der Waals surface area contributed by atoms with Crippen molar-refractivity contribution in [3.63, 3.8) is 0 Å². The van der Waals surface area contributed by atoms with Gasteiger partial charge in [-0.3, -0.25) is 0 Å². The lowest BCUT2D eigenvalue weighted by Gasteiger charge is -2.44. The van der Waals surface area contributed by atoms with Crippen LogP contribution in [0.3, 0.4) is 0 Å². The fraction of sp³-hybridized carbons (Fsp3) is 1.00. The minimum absolute atomic E-state index is 0.358. The van der Waals surface area contributed by atoms with Crippen molar-refractivity contribution in [3.05, 3.63) is 0 Å². The van der Waals surface area contributed by atoms with Crippen molar-refractivity contribution >= 4 is 0 Å². The maximum absolute atomic E-state index is 9.38. The predicted molar refractivity (Wildman–Crippen MR) is 54.6 cm³/mol.